The molecule has 0 spiro atoms. The number of allylic oxidation sites excluding steroid dienone is 4. The molecule has 4 rings (SSSR count). The van der Waals surface area contributed by atoms with Crippen molar-refractivity contribution in [2.75, 3.05) is 16.3 Å². The van der Waals surface area contributed by atoms with Gasteiger partial charge in [0.2, 0.25) is 0 Å². The number of anilines is 2. The maximum absolute atomic E-state index is 12.8. The molecular weight excluding hydrogens is 372 g/mol. The normalized spacial score (nSPS) is 19.3. The number of fused-ring (bicyclic) bond motifs is 1. The van der Waals surface area contributed by atoms with Crippen LogP contribution in [-0.2, 0) is 4.79 Å². The van der Waals surface area contributed by atoms with Crippen molar-refractivity contribution < 1.29 is 4.79 Å². The van der Waals surface area contributed by atoms with Crippen molar-refractivity contribution >= 4 is 51.2 Å². The van der Waals surface area contributed by atoms with Crippen molar-refractivity contribution in [3.63, 3.8) is 0 Å². The highest BCUT2D eigenvalue weighted by atomic mass is 32.2. The topological polar surface area (TPSA) is 23.6 Å². The summed E-state index contributed by atoms with van der Waals surface area (Å²) in [6, 6.07) is 17.8. The lowest BCUT2D eigenvalue weighted by Crippen LogP contribution is -2.27. The van der Waals surface area contributed by atoms with Crippen molar-refractivity contribution in [3.8, 4) is 0 Å². The second-order valence-electron chi connectivity index (χ2n) is 6.12. The summed E-state index contributed by atoms with van der Waals surface area (Å²) in [6.45, 7) is 3.04. The molecule has 1 amide bonds. The molecule has 2 aliphatic rings. The number of carbonyl (C=O) groups excluding carboxylic acids is 1. The molecule has 2 aliphatic heterocycles. The van der Waals surface area contributed by atoms with Crippen molar-refractivity contribution in [1.29, 1.82) is 0 Å². The van der Waals surface area contributed by atoms with Crippen LogP contribution in [0.3, 0.4) is 0 Å². The smallest absolute Gasteiger partial charge is 0.270 e. The van der Waals surface area contributed by atoms with Crippen molar-refractivity contribution in [1.82, 2.24) is 0 Å². The van der Waals surface area contributed by atoms with Crippen LogP contribution >= 0.6 is 24.0 Å². The molecule has 1 fully saturated rings. The SMILES string of the molecule is CCN1C=C/C(=C/C=C2\SC(=S)N(c3ccccc3)C2=O)c2ccccc21. The molecule has 0 aliphatic carbocycles. The molecule has 0 radical (unpaired) electrons. The number of benzene rings is 2. The van der Waals surface area contributed by atoms with Gasteiger partial charge in [0.15, 0.2) is 4.32 Å². The molecule has 0 N–H and O–H groups in total. The highest BCUT2D eigenvalue weighted by molar-refractivity contribution is 8.27. The lowest BCUT2D eigenvalue weighted by Gasteiger charge is -2.26. The molecular formula is C22H18N2OS2. The van der Waals surface area contributed by atoms with Gasteiger partial charge >= 0.3 is 0 Å². The van der Waals surface area contributed by atoms with Crippen LogP contribution in [0.1, 0.15) is 12.5 Å². The van der Waals surface area contributed by atoms with Gasteiger partial charge in [-0.2, -0.15) is 0 Å². The van der Waals surface area contributed by atoms with Gasteiger partial charge in [-0.1, -0.05) is 66.5 Å². The lowest BCUT2D eigenvalue weighted by molar-refractivity contribution is -0.113. The average Bonchev–Trinajstić information content (AvgIpc) is 3.00. The number of thiocarbonyl (C=S) groups is 1. The summed E-state index contributed by atoms with van der Waals surface area (Å²) >= 11 is 6.77. The third-order valence-electron chi connectivity index (χ3n) is 4.52. The fourth-order valence-electron chi connectivity index (χ4n) is 3.18. The van der Waals surface area contributed by atoms with Crippen LogP contribution in [0, 0.1) is 0 Å². The zero-order valence-electron chi connectivity index (χ0n) is 14.8. The molecule has 5 heteroatoms. The van der Waals surface area contributed by atoms with E-state index >= 15 is 0 Å². The molecule has 0 aromatic heterocycles. The first kappa shape index (κ1) is 17.8. The van der Waals surface area contributed by atoms with Gasteiger partial charge in [0.1, 0.15) is 0 Å². The van der Waals surface area contributed by atoms with Gasteiger partial charge in [0.05, 0.1) is 10.6 Å². The van der Waals surface area contributed by atoms with Gasteiger partial charge < -0.3 is 4.90 Å². The van der Waals surface area contributed by atoms with E-state index in [-0.39, 0.29) is 5.91 Å². The monoisotopic (exact) mass is 390 g/mol. The minimum absolute atomic E-state index is 0.0729. The second kappa shape index (κ2) is 7.55. The number of carbonyl (C=O) groups is 1. The van der Waals surface area contributed by atoms with Crippen LogP contribution in [0.15, 0.2) is 83.9 Å². The van der Waals surface area contributed by atoms with E-state index in [2.05, 4.69) is 36.2 Å². The summed E-state index contributed by atoms with van der Waals surface area (Å²) in [6.07, 6.45) is 8.04. The van der Waals surface area contributed by atoms with Gasteiger partial charge in [-0.25, -0.2) is 0 Å². The van der Waals surface area contributed by atoms with Crippen molar-refractivity contribution in [2.45, 2.75) is 6.92 Å². The maximum atomic E-state index is 12.8. The van der Waals surface area contributed by atoms with Gasteiger partial charge in [0.25, 0.3) is 5.91 Å². The molecule has 0 unspecified atom stereocenters. The van der Waals surface area contributed by atoms with Crippen LogP contribution < -0.4 is 9.80 Å². The Labute approximate surface area is 168 Å². The zero-order valence-corrected chi connectivity index (χ0v) is 16.5. The van der Waals surface area contributed by atoms with E-state index in [1.807, 2.05) is 54.6 Å². The quantitative estimate of drug-likeness (QED) is 0.519. The minimum atomic E-state index is -0.0729. The first-order valence-electron chi connectivity index (χ1n) is 8.76. The molecule has 0 saturated carbocycles. The Balaban J connectivity index is 1.65. The second-order valence-corrected chi connectivity index (χ2v) is 7.79. The molecule has 2 heterocycles. The van der Waals surface area contributed by atoms with E-state index in [1.54, 1.807) is 4.90 Å². The number of hydrogen-bond donors (Lipinski definition) is 0. The Morgan fingerprint density at radius 1 is 1.04 bits per heavy atom. The summed E-state index contributed by atoms with van der Waals surface area (Å²) in [4.78, 5) is 17.3. The Kier molecular flexibility index (Phi) is 4.97. The van der Waals surface area contributed by atoms with Gasteiger partial charge in [0, 0.05) is 24.0 Å². The van der Waals surface area contributed by atoms with Crippen LogP contribution in [0.2, 0.25) is 0 Å². The fourth-order valence-corrected chi connectivity index (χ4v) is 4.42. The summed E-state index contributed by atoms with van der Waals surface area (Å²) in [5.74, 6) is -0.0729. The Bertz CT molecular complexity index is 992. The van der Waals surface area contributed by atoms with Gasteiger partial charge in [-0.3, -0.25) is 9.69 Å². The van der Waals surface area contributed by atoms with Crippen molar-refractivity contribution in [3.05, 3.63) is 89.5 Å². The minimum Gasteiger partial charge on any atom is -0.348 e. The highest BCUT2D eigenvalue weighted by Crippen LogP contribution is 2.36. The van der Waals surface area contributed by atoms with Crippen LogP contribution in [-0.4, -0.2) is 16.8 Å². The number of hydrogen-bond acceptors (Lipinski definition) is 4. The zero-order chi connectivity index (χ0) is 18.8. The number of para-hydroxylation sites is 2. The fraction of sp³-hybridized carbons (Fsp3) is 0.0909. The number of nitrogens with zero attached hydrogens (tertiary/aromatic N) is 2. The first-order valence-corrected chi connectivity index (χ1v) is 9.99. The standard InChI is InChI=1S/C22H18N2OS2/c1-2-23-15-14-16(18-10-6-7-11-19(18)23)12-13-20-21(25)24(22(26)27-20)17-8-4-3-5-9-17/h3-15H,2H2,1H3/b16-12-,20-13-. The predicted octanol–water partition coefficient (Wildman–Crippen LogP) is 5.37. The van der Waals surface area contributed by atoms with Gasteiger partial charge in [-0.15, -0.1) is 0 Å². The Morgan fingerprint density at radius 3 is 2.56 bits per heavy atom. The molecule has 3 nitrogen and oxygen atoms in total. The largest absolute Gasteiger partial charge is 0.348 e. The predicted molar refractivity (Wildman–Crippen MR) is 119 cm³/mol. The molecule has 134 valence electrons. The van der Waals surface area contributed by atoms with Crippen LogP contribution in [0.4, 0.5) is 11.4 Å². The molecule has 0 bridgehead atoms. The average molecular weight is 391 g/mol. The summed E-state index contributed by atoms with van der Waals surface area (Å²) in [5, 5.41) is 0. The lowest BCUT2D eigenvalue weighted by atomic mass is 9.99. The Hall–Kier alpha value is -2.63. The Morgan fingerprint density at radius 2 is 1.78 bits per heavy atom. The van der Waals surface area contributed by atoms with Crippen LogP contribution in [0.25, 0.3) is 5.57 Å². The molecule has 2 aromatic carbocycles. The summed E-state index contributed by atoms with van der Waals surface area (Å²) in [5.41, 5.74) is 4.23. The van der Waals surface area contributed by atoms with E-state index < -0.39 is 0 Å². The maximum Gasteiger partial charge on any atom is 0.270 e. The number of rotatable bonds is 3. The van der Waals surface area contributed by atoms with Crippen molar-refractivity contribution in [2.24, 2.45) is 0 Å². The first-order chi connectivity index (χ1) is 13.2. The van der Waals surface area contributed by atoms with Crippen LogP contribution in [0.5, 0.6) is 0 Å². The summed E-state index contributed by atoms with van der Waals surface area (Å²) in [7, 11) is 0. The van der Waals surface area contributed by atoms with E-state index in [0.29, 0.717) is 9.23 Å². The number of thioether (sulfide) groups is 1. The molecule has 1 saturated heterocycles. The van der Waals surface area contributed by atoms with E-state index in [9.17, 15) is 4.79 Å². The number of amides is 1. The van der Waals surface area contributed by atoms with E-state index in [1.165, 1.54) is 17.4 Å². The molecule has 27 heavy (non-hydrogen) atoms. The highest BCUT2D eigenvalue weighted by Gasteiger charge is 2.32. The van der Waals surface area contributed by atoms with E-state index in [0.717, 1.165) is 23.4 Å². The molecule has 0 atom stereocenters. The third-order valence-corrected chi connectivity index (χ3v) is 5.84. The van der Waals surface area contributed by atoms with Gasteiger partial charge in [-0.05, 0) is 42.8 Å². The summed E-state index contributed by atoms with van der Waals surface area (Å²) < 4.78 is 0.563. The molecule has 2 aromatic rings. The van der Waals surface area contributed by atoms with E-state index in [4.69, 9.17) is 12.2 Å². The third kappa shape index (κ3) is 3.36.